The predicted octanol–water partition coefficient (Wildman–Crippen LogP) is 4.22. The fourth-order valence-corrected chi connectivity index (χ4v) is 4.25. The normalized spacial score (nSPS) is 21.2. The summed E-state index contributed by atoms with van der Waals surface area (Å²) in [7, 11) is 0. The molecule has 0 saturated carbocycles. The minimum atomic E-state index is -0.587. The molecule has 2 atom stereocenters. The number of aromatic amines is 1. The summed E-state index contributed by atoms with van der Waals surface area (Å²) in [6, 6.07) is 3.77. The number of urea groups is 1. The maximum absolute atomic E-state index is 14.1. The van der Waals surface area contributed by atoms with Crippen molar-refractivity contribution < 1.29 is 9.18 Å². The molecule has 2 N–H and O–H groups in total. The maximum atomic E-state index is 14.1. The van der Waals surface area contributed by atoms with Crippen molar-refractivity contribution in [2.24, 2.45) is 0 Å². The number of hydrogen-bond acceptors (Lipinski definition) is 2. The van der Waals surface area contributed by atoms with Crippen molar-refractivity contribution in [3.63, 3.8) is 0 Å². The first-order chi connectivity index (χ1) is 11.9. The zero-order chi connectivity index (χ0) is 17.7. The van der Waals surface area contributed by atoms with Crippen molar-refractivity contribution in [3.8, 4) is 0 Å². The minimum absolute atomic E-state index is 0.0121. The third kappa shape index (κ3) is 2.85. The van der Waals surface area contributed by atoms with Crippen LogP contribution >= 0.6 is 27.5 Å². The summed E-state index contributed by atoms with van der Waals surface area (Å²) in [5.41, 5.74) is 1.89. The van der Waals surface area contributed by atoms with Gasteiger partial charge in [0.2, 0.25) is 5.56 Å². The average molecular weight is 427 g/mol. The fourth-order valence-electron chi connectivity index (χ4n) is 3.76. The Labute approximate surface area is 156 Å². The Kier molecular flexibility index (Phi) is 4.08. The van der Waals surface area contributed by atoms with Crippen LogP contribution in [0.5, 0.6) is 0 Å². The van der Waals surface area contributed by atoms with E-state index in [0.29, 0.717) is 10.9 Å². The molecule has 2 aromatic rings. The number of H-pyrrole nitrogens is 1. The Balaban J connectivity index is 1.63. The molecule has 25 heavy (non-hydrogen) atoms. The number of aromatic nitrogens is 1. The fraction of sp³-hybridized carbons (Fsp3) is 0.294. The number of carbonyl (C=O) groups excluding carboxylic acids is 1. The number of amides is 2. The van der Waals surface area contributed by atoms with Gasteiger partial charge in [0.25, 0.3) is 0 Å². The summed E-state index contributed by atoms with van der Waals surface area (Å²) in [6.45, 7) is 0. The lowest BCUT2D eigenvalue weighted by molar-refractivity contribution is 0.179. The lowest BCUT2D eigenvalue weighted by Crippen LogP contribution is -2.44. The van der Waals surface area contributed by atoms with Gasteiger partial charge in [0, 0.05) is 22.8 Å². The van der Waals surface area contributed by atoms with E-state index in [4.69, 9.17) is 11.6 Å². The quantitative estimate of drug-likeness (QED) is 0.671. The van der Waals surface area contributed by atoms with Gasteiger partial charge >= 0.3 is 6.03 Å². The van der Waals surface area contributed by atoms with Gasteiger partial charge in [-0.3, -0.25) is 4.79 Å². The molecule has 2 amide bonds. The smallest absolute Gasteiger partial charge is 0.322 e. The molecule has 0 spiro atoms. The van der Waals surface area contributed by atoms with Crippen LogP contribution < -0.4 is 10.9 Å². The highest BCUT2D eigenvalue weighted by molar-refractivity contribution is 9.10. The van der Waals surface area contributed by atoms with E-state index in [2.05, 4.69) is 26.2 Å². The van der Waals surface area contributed by atoms with Crippen LogP contribution in [0.25, 0.3) is 0 Å². The first kappa shape index (κ1) is 16.6. The highest BCUT2D eigenvalue weighted by Gasteiger charge is 2.42. The van der Waals surface area contributed by atoms with Crippen molar-refractivity contribution in [2.45, 2.75) is 31.3 Å². The molecule has 3 heterocycles. The van der Waals surface area contributed by atoms with Crippen molar-refractivity contribution in [1.29, 1.82) is 0 Å². The number of rotatable bonds is 1. The monoisotopic (exact) mass is 425 g/mol. The number of nitrogens with one attached hydrogen (secondary N) is 2. The molecule has 2 aliphatic heterocycles. The van der Waals surface area contributed by atoms with E-state index < -0.39 is 5.82 Å². The van der Waals surface area contributed by atoms with Crippen molar-refractivity contribution in [1.82, 2.24) is 9.88 Å². The summed E-state index contributed by atoms with van der Waals surface area (Å²) in [4.78, 5) is 28.7. The number of benzene rings is 1. The van der Waals surface area contributed by atoms with E-state index in [1.54, 1.807) is 17.2 Å². The molecule has 8 heteroatoms. The van der Waals surface area contributed by atoms with Crippen molar-refractivity contribution in [3.05, 3.63) is 61.2 Å². The number of halogens is 3. The highest BCUT2D eigenvalue weighted by Crippen LogP contribution is 2.43. The number of nitrogens with zero attached hydrogens (tertiary/aromatic N) is 1. The Morgan fingerprint density at radius 2 is 2.16 bits per heavy atom. The standard InChI is InChI=1S/C17H14BrClFN3O2/c18-11-5-14(13(20)6-12(11)19)22-17(25)23-9-1-2-15(23)10-7-21-16(24)4-8(10)3-9/h4-7,9,15H,1-3H2,(H,21,24)(H,22,25). The average Bonchev–Trinajstić information content (AvgIpc) is 2.88. The van der Waals surface area contributed by atoms with Gasteiger partial charge in [-0.15, -0.1) is 0 Å². The maximum Gasteiger partial charge on any atom is 0.322 e. The summed E-state index contributed by atoms with van der Waals surface area (Å²) in [5, 5.41) is 2.88. The third-order valence-corrected chi connectivity index (χ3v) is 6.05. The first-order valence-electron chi connectivity index (χ1n) is 7.89. The molecule has 130 valence electrons. The summed E-state index contributed by atoms with van der Waals surface area (Å²) in [6.07, 6.45) is 4.00. The lowest BCUT2D eigenvalue weighted by Gasteiger charge is -2.36. The molecule has 1 saturated heterocycles. The molecular weight excluding hydrogens is 413 g/mol. The van der Waals surface area contributed by atoms with Crippen LogP contribution in [0.3, 0.4) is 0 Å². The first-order valence-corrected chi connectivity index (χ1v) is 9.06. The minimum Gasteiger partial charge on any atom is -0.329 e. The van der Waals surface area contributed by atoms with Crippen LogP contribution in [0.2, 0.25) is 5.02 Å². The number of carbonyl (C=O) groups is 1. The second kappa shape index (κ2) is 6.14. The van der Waals surface area contributed by atoms with Gasteiger partial charge in [0.05, 0.1) is 16.8 Å². The topological polar surface area (TPSA) is 65.2 Å². The van der Waals surface area contributed by atoms with Crippen LogP contribution in [0.4, 0.5) is 14.9 Å². The van der Waals surface area contributed by atoms with E-state index in [1.807, 2.05) is 0 Å². The van der Waals surface area contributed by atoms with Gasteiger partial charge in [0.1, 0.15) is 5.82 Å². The lowest BCUT2D eigenvalue weighted by atomic mass is 9.95. The van der Waals surface area contributed by atoms with Gasteiger partial charge in [-0.2, -0.15) is 0 Å². The molecule has 2 bridgehead atoms. The molecule has 4 rings (SSSR count). The zero-order valence-electron chi connectivity index (χ0n) is 13.0. The van der Waals surface area contributed by atoms with E-state index >= 15 is 0 Å². The summed E-state index contributed by atoms with van der Waals surface area (Å²) >= 11 is 9.09. The third-order valence-electron chi connectivity index (χ3n) is 4.85. The second-order valence-corrected chi connectivity index (χ2v) is 7.57. The number of fused-ring (bicyclic) bond motifs is 4. The van der Waals surface area contributed by atoms with Crippen LogP contribution in [0.1, 0.15) is 30.0 Å². The number of pyridine rings is 1. The number of hydrogen-bond donors (Lipinski definition) is 2. The summed E-state index contributed by atoms with van der Waals surface area (Å²) < 4.78 is 14.6. The van der Waals surface area contributed by atoms with Gasteiger partial charge in [0.15, 0.2) is 0 Å². The Morgan fingerprint density at radius 1 is 1.36 bits per heavy atom. The molecule has 2 aliphatic rings. The van der Waals surface area contributed by atoms with Crippen molar-refractivity contribution in [2.75, 3.05) is 5.32 Å². The largest absolute Gasteiger partial charge is 0.329 e. The molecule has 1 fully saturated rings. The molecule has 1 aromatic heterocycles. The Bertz CT molecular complexity index is 933. The molecular formula is C17H14BrClFN3O2. The summed E-state index contributed by atoms with van der Waals surface area (Å²) in [5.74, 6) is -0.587. The van der Waals surface area contributed by atoms with E-state index in [-0.39, 0.29) is 34.4 Å². The SMILES string of the molecule is O=C(Nc1cc(Br)c(Cl)cc1F)N1C2CCC1c1c[nH]c(=O)cc1C2. The van der Waals surface area contributed by atoms with Gasteiger partial charge in [-0.1, -0.05) is 11.6 Å². The Morgan fingerprint density at radius 3 is 2.96 bits per heavy atom. The molecule has 0 aliphatic carbocycles. The Hall–Kier alpha value is -1.86. The zero-order valence-corrected chi connectivity index (χ0v) is 15.3. The van der Waals surface area contributed by atoms with Crippen LogP contribution in [-0.2, 0) is 6.42 Å². The second-order valence-electron chi connectivity index (χ2n) is 6.31. The molecule has 0 radical (unpaired) electrons. The highest BCUT2D eigenvalue weighted by atomic mass is 79.9. The predicted molar refractivity (Wildman–Crippen MR) is 96.5 cm³/mol. The van der Waals surface area contributed by atoms with Gasteiger partial charge in [-0.05, 0) is 58.5 Å². The van der Waals surface area contributed by atoms with Crippen LogP contribution in [0, 0.1) is 5.82 Å². The van der Waals surface area contributed by atoms with E-state index in [0.717, 1.165) is 30.0 Å². The van der Waals surface area contributed by atoms with E-state index in [1.165, 1.54) is 6.07 Å². The molecule has 1 aromatic carbocycles. The van der Waals surface area contributed by atoms with Crippen molar-refractivity contribution >= 4 is 39.2 Å². The molecule has 5 nitrogen and oxygen atoms in total. The van der Waals surface area contributed by atoms with Gasteiger partial charge < -0.3 is 15.2 Å². The molecule has 2 unspecified atom stereocenters. The van der Waals surface area contributed by atoms with E-state index in [9.17, 15) is 14.0 Å². The van der Waals surface area contributed by atoms with Crippen LogP contribution in [-0.4, -0.2) is 22.0 Å². The van der Waals surface area contributed by atoms with Gasteiger partial charge in [-0.25, -0.2) is 9.18 Å². The van der Waals surface area contributed by atoms with Crippen LogP contribution in [0.15, 0.2) is 33.7 Å². The number of anilines is 1.